The molecule has 1 aliphatic rings. The van der Waals surface area contributed by atoms with Crippen LogP contribution >= 0.6 is 0 Å². The van der Waals surface area contributed by atoms with E-state index in [2.05, 4.69) is 15.3 Å². The van der Waals surface area contributed by atoms with Crippen LogP contribution in [-0.4, -0.2) is 35.7 Å². The number of hydrogen-bond donors (Lipinski definition) is 2. The molecule has 0 unspecified atom stereocenters. The number of hydrogen-bond acceptors (Lipinski definition) is 6. The Morgan fingerprint density at radius 1 is 0.920 bits per heavy atom. The van der Waals surface area contributed by atoms with Crippen LogP contribution in [-0.2, 0) is 34.8 Å². The van der Waals surface area contributed by atoms with Crippen LogP contribution in [0, 0.1) is 0 Å². The number of aliphatic hydroxyl groups is 1. The van der Waals surface area contributed by atoms with E-state index in [0.717, 1.165) is 0 Å². The molecule has 0 aromatic heterocycles. The normalized spacial score (nSPS) is 17.3. The zero-order valence-corrected chi connectivity index (χ0v) is 26.1. The number of aliphatic hydroxyl groups excluding tert-OH is 1. The summed E-state index contributed by atoms with van der Waals surface area (Å²) in [6.45, 7) is -0.496. The van der Waals surface area contributed by atoms with Gasteiger partial charge in [-0.15, -0.1) is 0 Å². The van der Waals surface area contributed by atoms with Crippen molar-refractivity contribution in [2.75, 3.05) is 13.2 Å². The molecule has 15 heteroatoms. The predicted molar refractivity (Wildman–Crippen MR) is 170 cm³/mol. The molecule has 4 aromatic rings. The second-order valence-electron chi connectivity index (χ2n) is 11.3. The summed E-state index contributed by atoms with van der Waals surface area (Å²) in [5.74, 6) is -0.386. The van der Waals surface area contributed by atoms with Gasteiger partial charge in [-0.3, -0.25) is 4.79 Å². The lowest BCUT2D eigenvalue weighted by Gasteiger charge is -2.31. The highest BCUT2D eigenvalue weighted by atomic mass is 19.4. The van der Waals surface area contributed by atoms with Gasteiger partial charge in [-0.1, -0.05) is 59.7 Å². The van der Waals surface area contributed by atoms with Crippen molar-refractivity contribution in [3.05, 3.63) is 141 Å². The Labute approximate surface area is 281 Å². The number of ether oxygens (including phenoxy) is 2. The largest absolute Gasteiger partial charge is 0.494 e. The molecule has 0 bridgehead atoms. The number of nitrogens with zero attached hydrogens (tertiary/aromatic N) is 4. The lowest BCUT2D eigenvalue weighted by Crippen LogP contribution is -2.49. The number of aliphatic imine (C=N–C) groups is 1. The first kappa shape index (κ1) is 35.8. The molecule has 260 valence electrons. The molecule has 1 amide bonds. The number of halogens is 6. The molecule has 2 N–H and O–H groups in total. The number of carbonyl (C=O) groups is 1. The van der Waals surface area contributed by atoms with E-state index in [4.69, 9.17) is 19.6 Å². The first-order valence-electron chi connectivity index (χ1n) is 15.2. The van der Waals surface area contributed by atoms with Gasteiger partial charge in [-0.2, -0.15) is 26.3 Å². The van der Waals surface area contributed by atoms with Gasteiger partial charge in [-0.05, 0) is 59.1 Å². The minimum absolute atomic E-state index is 0.00263. The Balaban J connectivity index is 1.61. The maximum atomic E-state index is 14.5. The minimum atomic E-state index is -5.08. The standard InChI is InChI=1S/C35H29F6N5O4/c36-34(37,38)25-17-23(18-26(19-25)35(39,40)41)21-43-32(48)33(20-22-7-2-1-3-8-22)30(28-9-4-5-10-29(28)45-46-42)50-31(44-33)24-11-13-27(14-12-24)49-16-6-15-47/h1-5,7-14,17-19,30,47H,6,15-16,20-21H2,(H,43,48)/t30-,33-/m1/s1. The van der Waals surface area contributed by atoms with E-state index in [0.29, 0.717) is 35.4 Å². The summed E-state index contributed by atoms with van der Waals surface area (Å²) in [6, 6.07) is 22.5. The number of azide groups is 1. The molecular weight excluding hydrogens is 668 g/mol. The minimum Gasteiger partial charge on any atom is -0.494 e. The number of rotatable bonds is 12. The number of nitrogens with one attached hydrogen (secondary N) is 1. The van der Waals surface area contributed by atoms with Crippen LogP contribution in [0.2, 0.25) is 0 Å². The lowest BCUT2D eigenvalue weighted by atomic mass is 9.81. The molecule has 0 saturated carbocycles. The third-order valence-corrected chi connectivity index (χ3v) is 7.82. The zero-order valence-electron chi connectivity index (χ0n) is 26.1. The SMILES string of the molecule is [N-]=[N+]=Nc1ccccc1[C@H]1OC(c2ccc(OCCCO)cc2)=N[C@@]1(Cc1ccccc1)C(=O)NCc1cc(C(F)(F)F)cc(C(F)(F)F)c1. The summed E-state index contributed by atoms with van der Waals surface area (Å²) in [5, 5.41) is 15.3. The summed E-state index contributed by atoms with van der Waals surface area (Å²) in [7, 11) is 0. The first-order chi connectivity index (χ1) is 23.8. The Morgan fingerprint density at radius 2 is 1.56 bits per heavy atom. The Kier molecular flexibility index (Phi) is 10.7. The molecule has 0 radical (unpaired) electrons. The smallest absolute Gasteiger partial charge is 0.416 e. The third-order valence-electron chi connectivity index (χ3n) is 7.82. The van der Waals surface area contributed by atoms with Gasteiger partial charge in [0, 0.05) is 47.7 Å². The van der Waals surface area contributed by atoms with Gasteiger partial charge < -0.3 is 19.9 Å². The van der Waals surface area contributed by atoms with Crippen LogP contribution in [0.4, 0.5) is 32.0 Å². The molecule has 5 rings (SSSR count). The molecular formula is C35H29F6N5O4. The van der Waals surface area contributed by atoms with Crippen molar-refractivity contribution in [2.45, 2.75) is 43.4 Å². The van der Waals surface area contributed by atoms with Gasteiger partial charge in [-0.25, -0.2) is 4.99 Å². The van der Waals surface area contributed by atoms with Crippen molar-refractivity contribution in [2.24, 2.45) is 10.1 Å². The van der Waals surface area contributed by atoms with Gasteiger partial charge in [0.1, 0.15) is 5.75 Å². The van der Waals surface area contributed by atoms with Crippen molar-refractivity contribution >= 4 is 17.5 Å². The number of amides is 1. The second kappa shape index (κ2) is 14.9. The Bertz CT molecular complexity index is 1860. The van der Waals surface area contributed by atoms with Crippen LogP contribution in [0.3, 0.4) is 0 Å². The van der Waals surface area contributed by atoms with E-state index in [1.807, 2.05) is 0 Å². The molecule has 9 nitrogen and oxygen atoms in total. The molecule has 0 aliphatic carbocycles. The van der Waals surface area contributed by atoms with Gasteiger partial charge >= 0.3 is 12.4 Å². The molecule has 50 heavy (non-hydrogen) atoms. The Morgan fingerprint density at radius 3 is 2.18 bits per heavy atom. The summed E-state index contributed by atoms with van der Waals surface area (Å²) in [5.41, 5.74) is 5.30. The lowest BCUT2D eigenvalue weighted by molar-refractivity contribution is -0.143. The summed E-state index contributed by atoms with van der Waals surface area (Å²) < 4.78 is 93.5. The van der Waals surface area contributed by atoms with E-state index in [1.165, 1.54) is 6.07 Å². The number of carbonyl (C=O) groups excluding carboxylic acids is 1. The van der Waals surface area contributed by atoms with E-state index in [-0.39, 0.29) is 42.8 Å². The van der Waals surface area contributed by atoms with Crippen LogP contribution < -0.4 is 10.1 Å². The predicted octanol–water partition coefficient (Wildman–Crippen LogP) is 8.24. The van der Waals surface area contributed by atoms with E-state index >= 15 is 0 Å². The highest BCUT2D eigenvalue weighted by molar-refractivity contribution is 6.01. The first-order valence-corrected chi connectivity index (χ1v) is 15.2. The van der Waals surface area contributed by atoms with Gasteiger partial charge in [0.25, 0.3) is 5.91 Å². The summed E-state index contributed by atoms with van der Waals surface area (Å²) in [4.78, 5) is 22.1. The molecule has 0 fully saturated rings. The van der Waals surface area contributed by atoms with Crippen LogP contribution in [0.5, 0.6) is 5.75 Å². The molecule has 1 aliphatic heterocycles. The molecule has 2 atom stereocenters. The molecule has 1 heterocycles. The molecule has 4 aromatic carbocycles. The zero-order chi connectivity index (χ0) is 35.9. The van der Waals surface area contributed by atoms with Crippen molar-refractivity contribution in [3.8, 4) is 5.75 Å². The van der Waals surface area contributed by atoms with Crippen LogP contribution in [0.25, 0.3) is 10.4 Å². The highest BCUT2D eigenvalue weighted by Crippen LogP contribution is 2.45. The van der Waals surface area contributed by atoms with Crippen molar-refractivity contribution in [1.82, 2.24) is 5.32 Å². The van der Waals surface area contributed by atoms with Gasteiger partial charge in [0.05, 0.1) is 17.7 Å². The maximum absolute atomic E-state index is 14.5. The van der Waals surface area contributed by atoms with Gasteiger partial charge in [0.2, 0.25) is 5.90 Å². The van der Waals surface area contributed by atoms with Crippen LogP contribution in [0.1, 0.15) is 45.9 Å². The van der Waals surface area contributed by atoms with E-state index in [1.54, 1.807) is 72.8 Å². The molecule has 0 saturated heterocycles. The van der Waals surface area contributed by atoms with E-state index < -0.39 is 53.1 Å². The average molecular weight is 698 g/mol. The third kappa shape index (κ3) is 8.18. The monoisotopic (exact) mass is 697 g/mol. The average Bonchev–Trinajstić information content (AvgIpc) is 3.47. The topological polar surface area (TPSA) is 129 Å². The van der Waals surface area contributed by atoms with Gasteiger partial charge in [0.15, 0.2) is 11.6 Å². The maximum Gasteiger partial charge on any atom is 0.416 e. The highest BCUT2D eigenvalue weighted by Gasteiger charge is 2.54. The fourth-order valence-electron chi connectivity index (χ4n) is 5.47. The van der Waals surface area contributed by atoms with Crippen molar-refractivity contribution < 1.29 is 45.7 Å². The van der Waals surface area contributed by atoms with Crippen molar-refractivity contribution in [3.63, 3.8) is 0 Å². The van der Waals surface area contributed by atoms with Crippen LogP contribution in [0.15, 0.2) is 107 Å². The summed E-state index contributed by atoms with van der Waals surface area (Å²) >= 11 is 0. The quantitative estimate of drug-likeness (QED) is 0.0508. The fraction of sp³-hybridized carbons (Fsp3) is 0.257. The van der Waals surface area contributed by atoms with E-state index in [9.17, 15) is 36.7 Å². The fourth-order valence-corrected chi connectivity index (χ4v) is 5.47. The number of alkyl halides is 6. The van der Waals surface area contributed by atoms with Crippen molar-refractivity contribution in [1.29, 1.82) is 0 Å². The number of benzene rings is 4. The Hall–Kier alpha value is -5.53. The summed E-state index contributed by atoms with van der Waals surface area (Å²) in [6.07, 6.45) is -11.1. The molecule has 0 spiro atoms. The second-order valence-corrected chi connectivity index (χ2v) is 11.3.